The number of carbonyl (C=O) groups excluding carboxylic acids is 1. The first-order valence-electron chi connectivity index (χ1n) is 5.05. The predicted octanol–water partition coefficient (Wildman–Crippen LogP) is -1.10. The van der Waals surface area contributed by atoms with Crippen molar-refractivity contribution in [1.82, 2.24) is 15.4 Å². The Morgan fingerprint density at radius 3 is 2.94 bits per heavy atom. The molecule has 1 aromatic rings. The van der Waals surface area contributed by atoms with Gasteiger partial charge in [-0.1, -0.05) is 19.9 Å². The Bertz CT molecular complexity index is 481. The van der Waals surface area contributed by atoms with E-state index in [2.05, 4.69) is 27.4 Å². The van der Waals surface area contributed by atoms with Crippen molar-refractivity contribution < 1.29 is 9.90 Å². The summed E-state index contributed by atoms with van der Waals surface area (Å²) in [4.78, 5) is 28.1. The zero-order valence-corrected chi connectivity index (χ0v) is 9.37. The number of aromatic nitrogens is 2. The molecule has 0 atom stereocenters. The van der Waals surface area contributed by atoms with Gasteiger partial charge in [0.15, 0.2) is 0 Å². The van der Waals surface area contributed by atoms with Crippen LogP contribution < -0.4 is 21.5 Å². The van der Waals surface area contributed by atoms with Crippen LogP contribution in [0.25, 0.3) is 0 Å². The van der Waals surface area contributed by atoms with Crippen LogP contribution in [0.3, 0.4) is 0 Å². The molecule has 0 aromatic carbocycles. The molecule has 0 fully saturated rings. The van der Waals surface area contributed by atoms with Crippen molar-refractivity contribution in [2.45, 2.75) is 19.8 Å². The molecule has 0 saturated carbocycles. The minimum atomic E-state index is -1.44. The Kier molecular flexibility index (Phi) is 4.27. The highest BCUT2D eigenvalue weighted by Crippen LogP contribution is 1.99. The van der Waals surface area contributed by atoms with Gasteiger partial charge in [0.25, 0.3) is 5.56 Å². The number of carbonyl (C=O) groups is 1. The first kappa shape index (κ1) is 12.8. The molecule has 7 nitrogen and oxygen atoms in total. The molecule has 17 heavy (non-hydrogen) atoms. The first-order chi connectivity index (χ1) is 8.02. The maximum absolute atomic E-state index is 11.3. The highest BCUT2D eigenvalue weighted by Gasteiger charge is 2.00. The summed E-state index contributed by atoms with van der Waals surface area (Å²) >= 11 is 0. The van der Waals surface area contributed by atoms with Gasteiger partial charge in [-0.15, -0.1) is 0 Å². The molecule has 0 bridgehead atoms. The number of aryl methyl sites for hydroxylation is 1. The Morgan fingerprint density at radius 1 is 1.65 bits per heavy atom. The normalized spacial score (nSPS) is 9.71. The molecule has 1 rings (SSSR count). The fourth-order valence-electron chi connectivity index (χ4n) is 1.14. The van der Waals surface area contributed by atoms with Gasteiger partial charge in [0.05, 0.1) is 11.7 Å². The molecule has 0 unspecified atom stereocenters. The van der Waals surface area contributed by atoms with Crippen molar-refractivity contribution in [2.75, 3.05) is 5.43 Å². The van der Waals surface area contributed by atoms with Gasteiger partial charge in [-0.2, -0.15) is 0 Å². The van der Waals surface area contributed by atoms with Crippen molar-refractivity contribution in [3.8, 4) is 0 Å². The van der Waals surface area contributed by atoms with Gasteiger partial charge in [-0.3, -0.25) is 20.6 Å². The summed E-state index contributed by atoms with van der Waals surface area (Å²) in [6, 6.07) is 1.39. The Hall–Kier alpha value is -2.31. The molecular weight excluding hydrogens is 224 g/mol. The summed E-state index contributed by atoms with van der Waals surface area (Å²) in [6.07, 6.45) is 1.52. The van der Waals surface area contributed by atoms with Gasteiger partial charge >= 0.3 is 0 Å². The molecule has 0 saturated heterocycles. The smallest absolute Gasteiger partial charge is 0.252 e. The fourth-order valence-corrected chi connectivity index (χ4v) is 1.14. The number of carboxylic acids is 1. The van der Waals surface area contributed by atoms with E-state index in [-0.39, 0.29) is 17.2 Å². The average Bonchev–Trinajstić information content (AvgIpc) is 2.25. The molecule has 92 valence electrons. The molecule has 0 aliphatic rings. The summed E-state index contributed by atoms with van der Waals surface area (Å²) in [5.41, 5.74) is 4.64. The number of hydrogen-bond donors (Lipinski definition) is 3. The summed E-state index contributed by atoms with van der Waals surface area (Å²) in [6.45, 7) is 5.16. The third-order valence-electron chi connectivity index (χ3n) is 1.88. The van der Waals surface area contributed by atoms with E-state index in [1.54, 1.807) is 0 Å². The average molecular weight is 237 g/mol. The lowest BCUT2D eigenvalue weighted by Crippen LogP contribution is -2.35. The minimum Gasteiger partial charge on any atom is -0.543 e. The van der Waals surface area contributed by atoms with Crippen molar-refractivity contribution in [3.05, 3.63) is 34.4 Å². The Balaban J connectivity index is 2.74. The monoisotopic (exact) mass is 237 g/mol. The molecular formula is C10H13N4O3-. The molecule has 7 heteroatoms. The van der Waals surface area contributed by atoms with Crippen LogP contribution in [-0.4, -0.2) is 15.9 Å². The second-order valence-corrected chi connectivity index (χ2v) is 3.35. The summed E-state index contributed by atoms with van der Waals surface area (Å²) in [5, 5.41) is 10.4. The number of hydrogen-bond acceptors (Lipinski definition) is 6. The number of nitrogens with zero attached hydrogens (tertiary/aromatic N) is 1. The van der Waals surface area contributed by atoms with Crippen LogP contribution in [0.1, 0.15) is 19.0 Å². The van der Waals surface area contributed by atoms with Crippen LogP contribution >= 0.6 is 0 Å². The maximum Gasteiger partial charge on any atom is 0.252 e. The highest BCUT2D eigenvalue weighted by molar-refractivity contribution is 5.83. The molecule has 0 radical (unpaired) electrons. The van der Waals surface area contributed by atoms with Crippen molar-refractivity contribution in [3.63, 3.8) is 0 Å². The largest absolute Gasteiger partial charge is 0.543 e. The summed E-state index contributed by atoms with van der Waals surface area (Å²) in [5.74, 6) is -1.31. The third kappa shape index (κ3) is 3.98. The van der Waals surface area contributed by atoms with Crippen LogP contribution in [0.4, 0.5) is 5.95 Å². The van der Waals surface area contributed by atoms with Gasteiger partial charge in [0.2, 0.25) is 5.95 Å². The number of aliphatic carboxylic acids is 1. The zero-order valence-electron chi connectivity index (χ0n) is 9.37. The Morgan fingerprint density at radius 2 is 2.35 bits per heavy atom. The number of anilines is 1. The number of rotatable bonds is 6. The maximum atomic E-state index is 11.3. The van der Waals surface area contributed by atoms with Gasteiger partial charge in [-0.25, -0.2) is 4.98 Å². The fraction of sp³-hybridized carbons (Fsp3) is 0.300. The lowest BCUT2D eigenvalue weighted by molar-refractivity contribution is -0.299. The van der Waals surface area contributed by atoms with E-state index in [0.717, 1.165) is 6.42 Å². The van der Waals surface area contributed by atoms with Crippen LogP contribution in [0.15, 0.2) is 23.1 Å². The molecule has 1 aromatic heterocycles. The highest BCUT2D eigenvalue weighted by atomic mass is 16.4. The SMILES string of the molecule is C=C(NNc1nc(CCC)cc(=O)[nH]1)C(=O)[O-]. The molecule has 0 amide bonds. The number of nitrogens with one attached hydrogen (secondary N) is 3. The lowest BCUT2D eigenvalue weighted by atomic mass is 10.2. The molecule has 0 aliphatic heterocycles. The quantitative estimate of drug-likeness (QED) is 0.428. The molecule has 0 aliphatic carbocycles. The number of H-pyrrole nitrogens is 1. The van der Waals surface area contributed by atoms with E-state index in [1.807, 2.05) is 6.92 Å². The number of hydrazine groups is 1. The minimum absolute atomic E-state index is 0.128. The summed E-state index contributed by atoms with van der Waals surface area (Å²) in [7, 11) is 0. The molecule has 3 N–H and O–H groups in total. The second kappa shape index (κ2) is 5.69. The van der Waals surface area contributed by atoms with Crippen molar-refractivity contribution >= 4 is 11.9 Å². The Labute approximate surface area is 97.6 Å². The zero-order chi connectivity index (χ0) is 12.8. The van der Waals surface area contributed by atoms with E-state index >= 15 is 0 Å². The van der Waals surface area contributed by atoms with Gasteiger partial charge in [0, 0.05) is 11.8 Å². The van der Waals surface area contributed by atoms with Crippen molar-refractivity contribution in [2.24, 2.45) is 0 Å². The van der Waals surface area contributed by atoms with Gasteiger partial charge in [-0.05, 0) is 6.42 Å². The van der Waals surface area contributed by atoms with E-state index in [0.29, 0.717) is 12.1 Å². The molecule has 0 spiro atoms. The van der Waals surface area contributed by atoms with E-state index in [1.165, 1.54) is 6.07 Å². The number of aromatic amines is 1. The van der Waals surface area contributed by atoms with E-state index in [9.17, 15) is 14.7 Å². The van der Waals surface area contributed by atoms with E-state index < -0.39 is 5.97 Å². The summed E-state index contributed by atoms with van der Waals surface area (Å²) < 4.78 is 0. The van der Waals surface area contributed by atoms with E-state index in [4.69, 9.17) is 0 Å². The van der Waals surface area contributed by atoms with Crippen LogP contribution in [0, 0.1) is 0 Å². The topological polar surface area (TPSA) is 110 Å². The third-order valence-corrected chi connectivity index (χ3v) is 1.88. The van der Waals surface area contributed by atoms with Gasteiger partial charge in [0.1, 0.15) is 0 Å². The predicted molar refractivity (Wildman–Crippen MR) is 59.8 cm³/mol. The first-order valence-corrected chi connectivity index (χ1v) is 5.05. The molecule has 1 heterocycles. The van der Waals surface area contributed by atoms with Gasteiger partial charge < -0.3 is 9.90 Å². The lowest BCUT2D eigenvalue weighted by Gasteiger charge is -2.11. The van der Waals surface area contributed by atoms with Crippen LogP contribution in [-0.2, 0) is 11.2 Å². The van der Waals surface area contributed by atoms with Crippen LogP contribution in [0.5, 0.6) is 0 Å². The van der Waals surface area contributed by atoms with Crippen LogP contribution in [0.2, 0.25) is 0 Å². The standard InChI is InChI=1S/C10H14N4O3/c1-3-4-7-5-8(15)12-10(11-7)14-13-6(2)9(16)17/h5,13H,2-4H2,1H3,(H,16,17)(H2,11,12,14,15)/p-1. The second-order valence-electron chi connectivity index (χ2n) is 3.35. The number of carboxylic acid groups (broad SMARTS) is 1. The van der Waals surface area contributed by atoms with Crippen molar-refractivity contribution in [1.29, 1.82) is 0 Å².